The van der Waals surface area contributed by atoms with Gasteiger partial charge in [-0.25, -0.2) is 0 Å². The zero-order chi connectivity index (χ0) is 34.5. The van der Waals surface area contributed by atoms with E-state index in [1.54, 1.807) is 25.3 Å². The number of hydrogen-bond donors (Lipinski definition) is 6. The van der Waals surface area contributed by atoms with Crippen LogP contribution in [-0.2, 0) is 30.4 Å². The maximum absolute atomic E-state index is 13.0. The number of pyridine rings is 1. The van der Waals surface area contributed by atoms with Gasteiger partial charge in [-0.3, -0.25) is 43.5 Å². The normalized spacial score (nSPS) is 11.2. The van der Waals surface area contributed by atoms with E-state index in [0.29, 0.717) is 23.4 Å². The predicted molar refractivity (Wildman–Crippen MR) is 169 cm³/mol. The molecule has 2 aromatic carbocycles. The molecular formula is C31H37N5O11. The second-order valence-electron chi connectivity index (χ2n) is 10.8. The average molecular weight is 656 g/mol. The number of carbonyl (C=O) groups is 5. The molecule has 47 heavy (non-hydrogen) atoms. The van der Waals surface area contributed by atoms with Crippen LogP contribution in [0.5, 0.6) is 5.75 Å². The SMILES string of the molecule is COc1ccc(Cc2cc(=O)[nH]c3cc(NC(=O)CN(CCN(CCN(CC(=O)O)CC(=O)O)CC(=O)O)CC(=O)O)ccc23)cc1. The number of nitrogens with one attached hydrogen (secondary N) is 2. The second-order valence-corrected chi connectivity index (χ2v) is 10.8. The Bertz CT molecular complexity index is 1630. The summed E-state index contributed by atoms with van der Waals surface area (Å²) in [5.74, 6) is -4.76. The molecule has 16 heteroatoms. The van der Waals surface area contributed by atoms with Gasteiger partial charge >= 0.3 is 23.9 Å². The number of rotatable bonds is 20. The van der Waals surface area contributed by atoms with Crippen LogP contribution in [0.1, 0.15) is 11.1 Å². The number of amides is 1. The van der Waals surface area contributed by atoms with Gasteiger partial charge in [-0.1, -0.05) is 18.2 Å². The van der Waals surface area contributed by atoms with Crippen molar-refractivity contribution in [2.45, 2.75) is 6.42 Å². The topological polar surface area (TPSA) is 230 Å². The Morgan fingerprint density at radius 2 is 1.21 bits per heavy atom. The van der Waals surface area contributed by atoms with Crippen molar-refractivity contribution in [2.24, 2.45) is 0 Å². The molecule has 3 rings (SSSR count). The fourth-order valence-corrected chi connectivity index (χ4v) is 4.95. The monoisotopic (exact) mass is 655 g/mol. The van der Waals surface area contributed by atoms with E-state index in [1.165, 1.54) is 15.9 Å². The number of anilines is 1. The molecule has 0 atom stereocenters. The minimum Gasteiger partial charge on any atom is -0.497 e. The standard InChI is InChI=1S/C31H37N5O11/c1-47-23-5-2-20(3-6-23)12-21-13-26(37)33-25-14-22(4-7-24(21)25)32-27(38)15-35(17-29(41)42)10-8-34(16-28(39)40)9-11-36(18-30(43)44)19-31(45)46/h2-7,13-14H,8-12,15-19H2,1H3,(H,32,38)(H,33,37)(H,39,40)(H,41,42)(H,43,44)(H,45,46). The number of aromatic amines is 1. The molecule has 0 saturated heterocycles. The zero-order valence-corrected chi connectivity index (χ0v) is 25.7. The van der Waals surface area contributed by atoms with Crippen LogP contribution in [0.2, 0.25) is 0 Å². The lowest BCUT2D eigenvalue weighted by atomic mass is 10.0. The summed E-state index contributed by atoms with van der Waals surface area (Å²) in [6.07, 6.45) is 0.482. The van der Waals surface area contributed by atoms with Gasteiger partial charge in [0, 0.05) is 43.3 Å². The lowest BCUT2D eigenvalue weighted by molar-refractivity contribution is -0.143. The third-order valence-electron chi connectivity index (χ3n) is 7.03. The van der Waals surface area contributed by atoms with Crippen molar-refractivity contribution in [3.05, 3.63) is 70.0 Å². The highest BCUT2D eigenvalue weighted by molar-refractivity contribution is 5.95. The fraction of sp³-hybridized carbons (Fsp3) is 0.355. The summed E-state index contributed by atoms with van der Waals surface area (Å²) in [5.41, 5.74) is 2.27. The van der Waals surface area contributed by atoms with Crippen molar-refractivity contribution in [1.82, 2.24) is 19.7 Å². The molecule has 0 fully saturated rings. The van der Waals surface area contributed by atoms with Crippen LogP contribution in [0, 0.1) is 0 Å². The molecule has 16 nitrogen and oxygen atoms in total. The van der Waals surface area contributed by atoms with Crippen molar-refractivity contribution in [3.63, 3.8) is 0 Å². The number of benzene rings is 2. The summed E-state index contributed by atoms with van der Waals surface area (Å²) in [5, 5.41) is 40.3. The number of aromatic nitrogens is 1. The molecule has 0 unspecified atom stereocenters. The van der Waals surface area contributed by atoms with Gasteiger partial charge in [0.1, 0.15) is 5.75 Å². The third kappa shape index (κ3) is 12.5. The van der Waals surface area contributed by atoms with Crippen molar-refractivity contribution < 1.29 is 49.1 Å². The van der Waals surface area contributed by atoms with Gasteiger partial charge in [0.2, 0.25) is 11.5 Å². The first-order valence-electron chi connectivity index (χ1n) is 14.4. The lowest BCUT2D eigenvalue weighted by Crippen LogP contribution is -2.46. The van der Waals surface area contributed by atoms with E-state index < -0.39 is 56.0 Å². The molecule has 0 aliphatic carbocycles. The van der Waals surface area contributed by atoms with E-state index in [1.807, 2.05) is 24.3 Å². The number of nitrogens with zero attached hydrogens (tertiary/aromatic N) is 3. The number of aliphatic carboxylic acids is 4. The van der Waals surface area contributed by atoms with E-state index in [-0.39, 0.29) is 38.3 Å². The number of carboxylic acid groups (broad SMARTS) is 4. The van der Waals surface area contributed by atoms with E-state index in [9.17, 15) is 39.0 Å². The molecule has 1 aromatic heterocycles. The number of ether oxygens (including phenoxy) is 1. The Labute approximate surface area is 268 Å². The zero-order valence-electron chi connectivity index (χ0n) is 25.7. The van der Waals surface area contributed by atoms with Crippen molar-refractivity contribution in [1.29, 1.82) is 0 Å². The van der Waals surface area contributed by atoms with E-state index in [4.69, 9.17) is 14.9 Å². The van der Waals surface area contributed by atoms with Gasteiger partial charge < -0.3 is 35.5 Å². The number of H-pyrrole nitrogens is 1. The molecule has 0 aliphatic rings. The summed E-state index contributed by atoms with van der Waals surface area (Å²) in [4.78, 5) is 77.1. The van der Waals surface area contributed by atoms with Gasteiger partial charge in [0.25, 0.3) is 0 Å². The molecule has 252 valence electrons. The minimum absolute atomic E-state index is 0.00493. The van der Waals surface area contributed by atoms with Gasteiger partial charge in [-0.05, 0) is 41.8 Å². The third-order valence-corrected chi connectivity index (χ3v) is 7.03. The molecule has 1 amide bonds. The van der Waals surface area contributed by atoms with Crippen molar-refractivity contribution >= 4 is 46.4 Å². The van der Waals surface area contributed by atoms with E-state index >= 15 is 0 Å². The summed E-state index contributed by atoms with van der Waals surface area (Å²) in [6, 6.07) is 14.0. The van der Waals surface area contributed by atoms with Crippen LogP contribution in [0.25, 0.3) is 10.9 Å². The van der Waals surface area contributed by atoms with Gasteiger partial charge in [-0.2, -0.15) is 0 Å². The number of hydrogen-bond acceptors (Lipinski definition) is 10. The van der Waals surface area contributed by atoms with Crippen LogP contribution < -0.4 is 15.6 Å². The van der Waals surface area contributed by atoms with Gasteiger partial charge in [-0.15, -0.1) is 0 Å². The summed E-state index contributed by atoms with van der Waals surface area (Å²) < 4.78 is 5.19. The Morgan fingerprint density at radius 3 is 1.74 bits per heavy atom. The van der Waals surface area contributed by atoms with Crippen LogP contribution in [-0.4, -0.2) is 136 Å². The second kappa shape index (κ2) is 17.4. The van der Waals surface area contributed by atoms with Crippen molar-refractivity contribution in [3.8, 4) is 5.75 Å². The molecule has 0 bridgehead atoms. The molecule has 0 spiro atoms. The average Bonchev–Trinajstić information content (AvgIpc) is 2.97. The molecule has 6 N–H and O–H groups in total. The Kier molecular flexibility index (Phi) is 13.4. The Morgan fingerprint density at radius 1 is 0.702 bits per heavy atom. The first-order valence-corrected chi connectivity index (χ1v) is 14.4. The first kappa shape index (κ1) is 36.2. The van der Waals surface area contributed by atoms with Gasteiger partial charge in [0.05, 0.1) is 45.4 Å². The number of carbonyl (C=O) groups excluding carboxylic acids is 1. The molecule has 0 aliphatic heterocycles. The summed E-state index contributed by atoms with van der Waals surface area (Å²) in [7, 11) is 1.57. The molecule has 0 radical (unpaired) electrons. The van der Waals surface area contributed by atoms with Crippen LogP contribution in [0.3, 0.4) is 0 Å². The Balaban J connectivity index is 1.67. The van der Waals surface area contributed by atoms with Gasteiger partial charge in [0.15, 0.2) is 0 Å². The maximum atomic E-state index is 13.0. The van der Waals surface area contributed by atoms with Crippen molar-refractivity contribution in [2.75, 3.05) is 71.3 Å². The van der Waals surface area contributed by atoms with Crippen LogP contribution in [0.4, 0.5) is 5.69 Å². The highest BCUT2D eigenvalue weighted by Gasteiger charge is 2.20. The molecular weight excluding hydrogens is 618 g/mol. The Hall–Kier alpha value is -5.32. The van der Waals surface area contributed by atoms with Crippen LogP contribution >= 0.6 is 0 Å². The lowest BCUT2D eigenvalue weighted by Gasteiger charge is -2.27. The first-order chi connectivity index (χ1) is 22.3. The fourth-order valence-electron chi connectivity index (χ4n) is 4.95. The van der Waals surface area contributed by atoms with Crippen LogP contribution in [0.15, 0.2) is 53.3 Å². The molecule has 3 aromatic rings. The number of methoxy groups -OCH3 is 1. The number of carboxylic acids is 4. The smallest absolute Gasteiger partial charge is 0.317 e. The highest BCUT2D eigenvalue weighted by atomic mass is 16.5. The maximum Gasteiger partial charge on any atom is 0.317 e. The summed E-state index contributed by atoms with van der Waals surface area (Å²) >= 11 is 0. The van der Waals surface area contributed by atoms with E-state index in [2.05, 4.69) is 10.3 Å². The quantitative estimate of drug-likeness (QED) is 0.0963. The summed E-state index contributed by atoms with van der Waals surface area (Å²) in [6.45, 7) is -2.62. The largest absolute Gasteiger partial charge is 0.497 e. The molecule has 1 heterocycles. The van der Waals surface area contributed by atoms with E-state index in [0.717, 1.165) is 21.4 Å². The predicted octanol–water partition coefficient (Wildman–Crippen LogP) is 0.310. The minimum atomic E-state index is -1.25. The highest BCUT2D eigenvalue weighted by Crippen LogP contribution is 2.23. The molecule has 0 saturated carbocycles. The number of fused-ring (bicyclic) bond motifs is 1.